The Hall–Kier alpha value is -5.70. The number of carbonyl (C=O) groups is 3. The van der Waals surface area contributed by atoms with E-state index in [9.17, 15) is 47.8 Å². The molecule has 3 aromatic carbocycles. The number of esters is 2. The van der Waals surface area contributed by atoms with Crippen molar-refractivity contribution in [1.82, 2.24) is 5.32 Å². The lowest BCUT2D eigenvalue weighted by atomic mass is 9.97. The van der Waals surface area contributed by atoms with Gasteiger partial charge in [-0.1, -0.05) is 12.1 Å². The van der Waals surface area contributed by atoms with Crippen LogP contribution in [0.4, 0.5) is 24.5 Å². The van der Waals surface area contributed by atoms with Crippen LogP contribution in [0.3, 0.4) is 0 Å². The quantitative estimate of drug-likeness (QED) is 0.134. The minimum atomic E-state index is -5.31. The smallest absolute Gasteiger partial charge is 0.471 e. The molecule has 3 aromatic rings. The van der Waals surface area contributed by atoms with E-state index in [-0.39, 0.29) is 35.5 Å². The van der Waals surface area contributed by atoms with Crippen molar-refractivity contribution in [2.75, 3.05) is 7.11 Å². The summed E-state index contributed by atoms with van der Waals surface area (Å²) in [5.41, 5.74) is -0.00263. The fourth-order valence-electron chi connectivity index (χ4n) is 6.04. The van der Waals surface area contributed by atoms with Gasteiger partial charge in [0, 0.05) is 37.1 Å². The summed E-state index contributed by atoms with van der Waals surface area (Å²) < 4.78 is 81.0. The third kappa shape index (κ3) is 10.5. The van der Waals surface area contributed by atoms with Crippen LogP contribution in [-0.2, 0) is 39.8 Å². The van der Waals surface area contributed by atoms with Gasteiger partial charge >= 0.3 is 24.0 Å². The predicted octanol–water partition coefficient (Wildman–Crippen LogP) is 5.18. The first-order valence-corrected chi connectivity index (χ1v) is 17.0. The maximum atomic E-state index is 13.4. The topological polar surface area (TPSA) is 214 Å². The fourth-order valence-corrected chi connectivity index (χ4v) is 6.04. The van der Waals surface area contributed by atoms with Crippen LogP contribution in [0, 0.1) is 20.2 Å². The van der Waals surface area contributed by atoms with E-state index < -0.39 is 89.4 Å². The van der Waals surface area contributed by atoms with Gasteiger partial charge in [0.2, 0.25) is 0 Å². The first-order valence-electron chi connectivity index (χ1n) is 17.0. The highest BCUT2D eigenvalue weighted by Gasteiger charge is 2.48. The summed E-state index contributed by atoms with van der Waals surface area (Å²) in [4.78, 5) is 59.3. The van der Waals surface area contributed by atoms with Gasteiger partial charge in [0.05, 0.1) is 52.9 Å². The van der Waals surface area contributed by atoms with Gasteiger partial charge in [0.25, 0.3) is 11.4 Å². The molecule has 8 atom stereocenters. The lowest BCUT2D eigenvalue weighted by Gasteiger charge is -2.44. The number of rotatable bonds is 13. The number of nitro benzene ring substituents is 2. The van der Waals surface area contributed by atoms with Crippen molar-refractivity contribution < 1.29 is 70.6 Å². The second kappa shape index (κ2) is 17.8. The number of alkyl halides is 3. The van der Waals surface area contributed by atoms with Crippen LogP contribution >= 0.6 is 0 Å². The van der Waals surface area contributed by atoms with E-state index in [0.29, 0.717) is 5.75 Å². The van der Waals surface area contributed by atoms with Crippen LogP contribution < -0.4 is 10.1 Å². The molecule has 0 aliphatic carbocycles. The molecule has 5 rings (SSSR count). The summed E-state index contributed by atoms with van der Waals surface area (Å²) in [6, 6.07) is 14.4. The Balaban J connectivity index is 1.34. The van der Waals surface area contributed by atoms with E-state index in [1.165, 1.54) is 26.2 Å². The van der Waals surface area contributed by atoms with Crippen molar-refractivity contribution in [2.24, 2.45) is 0 Å². The van der Waals surface area contributed by atoms with Gasteiger partial charge < -0.3 is 38.5 Å². The summed E-state index contributed by atoms with van der Waals surface area (Å²) in [6.07, 6.45) is -14.1. The van der Waals surface area contributed by atoms with Gasteiger partial charge in [-0.2, -0.15) is 13.2 Å². The number of amides is 1. The zero-order chi connectivity index (χ0) is 40.7. The minimum Gasteiger partial charge on any atom is -0.497 e. The molecule has 2 fully saturated rings. The van der Waals surface area contributed by atoms with E-state index >= 15 is 0 Å². The predicted molar refractivity (Wildman–Crippen MR) is 183 cm³/mol. The molecular weight excluding hydrogens is 755 g/mol. The summed E-state index contributed by atoms with van der Waals surface area (Å²) in [5.74, 6) is -3.64. The Kier molecular flexibility index (Phi) is 13.2. The zero-order valence-corrected chi connectivity index (χ0v) is 29.9. The molecule has 0 bridgehead atoms. The van der Waals surface area contributed by atoms with E-state index in [0.717, 1.165) is 42.0 Å². The summed E-state index contributed by atoms with van der Waals surface area (Å²) in [5, 5.41) is 24.0. The first-order chi connectivity index (χ1) is 26.5. The van der Waals surface area contributed by atoms with Crippen LogP contribution in [-0.4, -0.2) is 90.1 Å². The third-order valence-corrected chi connectivity index (χ3v) is 8.90. The molecule has 2 saturated heterocycles. The monoisotopic (exact) mass is 791 g/mol. The fraction of sp³-hybridized carbons (Fsp3) is 0.417. The number of nitro groups is 2. The van der Waals surface area contributed by atoms with Crippen LogP contribution in [0.15, 0.2) is 72.8 Å². The van der Waals surface area contributed by atoms with E-state index in [1.807, 2.05) is 5.32 Å². The molecule has 0 aromatic heterocycles. The van der Waals surface area contributed by atoms with E-state index in [2.05, 4.69) is 0 Å². The number of ether oxygens (including phenoxy) is 7. The molecular formula is C36H36F3N3O14. The highest BCUT2D eigenvalue weighted by molar-refractivity contribution is 5.90. The Bertz CT molecular complexity index is 1880. The van der Waals surface area contributed by atoms with Crippen LogP contribution in [0.1, 0.15) is 53.0 Å². The Morgan fingerprint density at radius 1 is 0.768 bits per heavy atom. The number of methoxy groups -OCH3 is 1. The molecule has 20 heteroatoms. The Morgan fingerprint density at radius 3 is 1.80 bits per heavy atom. The van der Waals surface area contributed by atoms with Crippen molar-refractivity contribution >= 4 is 29.2 Å². The second-order valence-electron chi connectivity index (χ2n) is 12.8. The molecule has 2 heterocycles. The Labute approximate surface area is 316 Å². The highest BCUT2D eigenvalue weighted by atomic mass is 19.4. The Morgan fingerprint density at radius 2 is 1.29 bits per heavy atom. The maximum absolute atomic E-state index is 13.4. The van der Waals surface area contributed by atoms with Gasteiger partial charge in [-0.05, 0) is 55.8 Å². The number of carbonyl (C=O) groups excluding carboxylic acids is 3. The summed E-state index contributed by atoms with van der Waals surface area (Å²) in [6.45, 7) is 3.02. The van der Waals surface area contributed by atoms with Crippen LogP contribution in [0.2, 0.25) is 0 Å². The van der Waals surface area contributed by atoms with Gasteiger partial charge in [0.1, 0.15) is 24.1 Å². The van der Waals surface area contributed by atoms with Crippen molar-refractivity contribution in [1.29, 1.82) is 0 Å². The SMILES string of the molecule is COc1ccc(COC2C[C@H](OC(=O)c3ccc([N+](=O)[O-])cc3)[C@@H](O[C@H]3C[C@H](NC(=O)C(F)(F)F)[C@H](OC(=O)c4ccc([N+](=O)[O-])cc4)[C@H](C)O3)[C@H](C)O2)cc1. The molecule has 0 spiro atoms. The molecule has 300 valence electrons. The van der Waals surface area contributed by atoms with Gasteiger partial charge in [0.15, 0.2) is 12.6 Å². The highest BCUT2D eigenvalue weighted by Crippen LogP contribution is 2.33. The maximum Gasteiger partial charge on any atom is 0.471 e. The molecule has 1 N–H and O–H groups in total. The van der Waals surface area contributed by atoms with Gasteiger partial charge in [-0.15, -0.1) is 0 Å². The lowest BCUT2D eigenvalue weighted by Crippen LogP contribution is -2.60. The second-order valence-corrected chi connectivity index (χ2v) is 12.8. The van der Waals surface area contributed by atoms with Crippen molar-refractivity contribution in [3.63, 3.8) is 0 Å². The number of benzene rings is 3. The number of non-ortho nitro benzene ring substituents is 2. The zero-order valence-electron chi connectivity index (χ0n) is 29.9. The lowest BCUT2D eigenvalue weighted by molar-refractivity contribution is -0.385. The largest absolute Gasteiger partial charge is 0.497 e. The molecule has 56 heavy (non-hydrogen) atoms. The third-order valence-electron chi connectivity index (χ3n) is 8.90. The number of hydrogen-bond donors (Lipinski definition) is 1. The molecule has 2 aliphatic heterocycles. The van der Waals surface area contributed by atoms with Gasteiger partial charge in [-0.25, -0.2) is 9.59 Å². The number of hydrogen-bond acceptors (Lipinski definition) is 14. The van der Waals surface area contributed by atoms with E-state index in [1.54, 1.807) is 31.2 Å². The number of nitrogens with zero attached hydrogens (tertiary/aromatic N) is 2. The summed E-state index contributed by atoms with van der Waals surface area (Å²) in [7, 11) is 1.52. The first kappa shape index (κ1) is 41.5. The van der Waals surface area contributed by atoms with E-state index in [4.69, 9.17) is 33.2 Å². The van der Waals surface area contributed by atoms with Crippen molar-refractivity contribution in [3.05, 3.63) is 110 Å². The normalized spacial score (nSPS) is 25.0. The standard InChI is InChI=1S/C36H36F3N3O14/c1-19-31(56-34(44)23-8-12-25(13-9-23)42(48)49)27(40-35(45)36(37,38)39)16-30(53-19)55-32-20(2)52-29(51-18-21-4-14-26(50-3)15-5-21)17-28(32)54-33(43)22-6-10-24(11-7-22)41(46)47/h4-15,19-20,27-32H,16-18H2,1-3H3,(H,40,45)/t19-,20-,27-,28-,29?,30-,31+,32-/m0/s1. The summed E-state index contributed by atoms with van der Waals surface area (Å²) >= 11 is 0. The van der Waals surface area contributed by atoms with Crippen LogP contribution in [0.25, 0.3) is 0 Å². The molecule has 2 aliphatic rings. The average molecular weight is 792 g/mol. The molecule has 1 unspecified atom stereocenters. The average Bonchev–Trinajstić information content (AvgIpc) is 3.16. The molecule has 1 amide bonds. The minimum absolute atomic E-state index is 0.0284. The van der Waals surface area contributed by atoms with Gasteiger partial charge in [-0.3, -0.25) is 25.0 Å². The number of halogens is 3. The van der Waals surface area contributed by atoms with Crippen molar-refractivity contribution in [3.8, 4) is 5.75 Å². The molecule has 17 nitrogen and oxygen atoms in total. The number of nitrogens with one attached hydrogen (secondary N) is 1. The molecule has 0 radical (unpaired) electrons. The molecule has 0 saturated carbocycles. The van der Waals surface area contributed by atoms with Crippen molar-refractivity contribution in [2.45, 2.75) is 88.6 Å². The van der Waals surface area contributed by atoms with Crippen LogP contribution in [0.5, 0.6) is 5.75 Å².